The van der Waals surface area contributed by atoms with E-state index < -0.39 is 0 Å². The van der Waals surface area contributed by atoms with Gasteiger partial charge in [-0.1, -0.05) is 41.9 Å². The summed E-state index contributed by atoms with van der Waals surface area (Å²) in [6, 6.07) is 19.6. The smallest absolute Gasteiger partial charge is 0.234 e. The lowest BCUT2D eigenvalue weighted by Gasteiger charge is -2.32. The molecule has 0 bridgehead atoms. The molecule has 2 aromatic carbocycles. The van der Waals surface area contributed by atoms with Gasteiger partial charge in [-0.05, 0) is 48.6 Å². The van der Waals surface area contributed by atoms with Crippen LogP contribution in [0.15, 0.2) is 70.7 Å². The number of nitrogens with zero attached hydrogens (tertiary/aromatic N) is 6. The molecular weight excluding hydrogens is 456 g/mol. The highest BCUT2D eigenvalue weighted by molar-refractivity contribution is 7.99. The highest BCUT2D eigenvalue weighted by Crippen LogP contribution is 2.29. The Morgan fingerprint density at radius 3 is 2.45 bits per heavy atom. The SMILES string of the molecule is CN1CCN(c2nc(Nc3cc(-c4ccccc4)[nH]n3)nc(Sc3ccc(Cl)cc3)n2)CC1. The minimum absolute atomic E-state index is 0.460. The number of benzene rings is 2. The summed E-state index contributed by atoms with van der Waals surface area (Å²) in [5.74, 6) is 1.77. The van der Waals surface area contributed by atoms with E-state index in [0.717, 1.165) is 42.3 Å². The minimum Gasteiger partial charge on any atom is -0.338 e. The van der Waals surface area contributed by atoms with Crippen LogP contribution in [0.4, 0.5) is 17.7 Å². The van der Waals surface area contributed by atoms with E-state index >= 15 is 0 Å². The Morgan fingerprint density at radius 1 is 0.939 bits per heavy atom. The third-order valence-corrected chi connectivity index (χ3v) is 6.44. The first kappa shape index (κ1) is 21.7. The molecular formula is C23H23ClN8S. The number of hydrogen-bond donors (Lipinski definition) is 2. The van der Waals surface area contributed by atoms with Gasteiger partial charge in [-0.3, -0.25) is 5.10 Å². The Bertz CT molecular complexity index is 1210. The molecule has 8 nitrogen and oxygen atoms in total. The number of anilines is 3. The van der Waals surface area contributed by atoms with E-state index in [1.165, 1.54) is 11.8 Å². The van der Waals surface area contributed by atoms with Crippen molar-refractivity contribution in [2.24, 2.45) is 0 Å². The van der Waals surface area contributed by atoms with Crippen molar-refractivity contribution >= 4 is 41.1 Å². The van der Waals surface area contributed by atoms with E-state index in [4.69, 9.17) is 21.6 Å². The summed E-state index contributed by atoms with van der Waals surface area (Å²) in [4.78, 5) is 19.6. The summed E-state index contributed by atoms with van der Waals surface area (Å²) in [6.45, 7) is 3.67. The highest BCUT2D eigenvalue weighted by Gasteiger charge is 2.19. The second kappa shape index (κ2) is 9.78. The lowest BCUT2D eigenvalue weighted by Crippen LogP contribution is -2.45. The molecule has 1 aliphatic heterocycles. The monoisotopic (exact) mass is 478 g/mol. The Kier molecular flexibility index (Phi) is 6.43. The molecule has 1 aliphatic rings. The van der Waals surface area contributed by atoms with E-state index in [2.05, 4.69) is 37.3 Å². The summed E-state index contributed by atoms with van der Waals surface area (Å²) in [5, 5.41) is 12.0. The van der Waals surface area contributed by atoms with Crippen molar-refractivity contribution in [3.63, 3.8) is 0 Å². The maximum absolute atomic E-state index is 6.03. The van der Waals surface area contributed by atoms with E-state index in [1.54, 1.807) is 0 Å². The molecule has 168 valence electrons. The molecule has 0 unspecified atom stereocenters. The lowest BCUT2D eigenvalue weighted by molar-refractivity contribution is 0.311. The van der Waals surface area contributed by atoms with Crippen LogP contribution in [0.3, 0.4) is 0 Å². The second-order valence-electron chi connectivity index (χ2n) is 7.75. The van der Waals surface area contributed by atoms with Crippen LogP contribution in [0.1, 0.15) is 0 Å². The van der Waals surface area contributed by atoms with Crippen molar-refractivity contribution in [2.45, 2.75) is 10.1 Å². The van der Waals surface area contributed by atoms with E-state index in [9.17, 15) is 0 Å². The number of nitrogens with one attached hydrogen (secondary N) is 2. The van der Waals surface area contributed by atoms with Crippen molar-refractivity contribution in [3.05, 3.63) is 65.7 Å². The summed E-state index contributed by atoms with van der Waals surface area (Å²) in [6.07, 6.45) is 0. The molecule has 2 aromatic heterocycles. The third kappa shape index (κ3) is 5.44. The zero-order valence-electron chi connectivity index (χ0n) is 18.1. The number of aromatic amines is 1. The Balaban J connectivity index is 1.42. The normalized spacial score (nSPS) is 14.4. The van der Waals surface area contributed by atoms with E-state index in [0.29, 0.717) is 27.9 Å². The van der Waals surface area contributed by atoms with Crippen molar-refractivity contribution in [2.75, 3.05) is 43.4 Å². The topological polar surface area (TPSA) is 85.9 Å². The molecule has 10 heteroatoms. The number of halogens is 1. The van der Waals surface area contributed by atoms with Gasteiger partial charge in [0, 0.05) is 42.2 Å². The number of aromatic nitrogens is 5. The Hall–Kier alpha value is -3.14. The Morgan fingerprint density at radius 2 is 1.70 bits per heavy atom. The fourth-order valence-electron chi connectivity index (χ4n) is 3.47. The van der Waals surface area contributed by atoms with Gasteiger partial charge < -0.3 is 15.1 Å². The summed E-state index contributed by atoms with van der Waals surface area (Å²) < 4.78 is 0. The van der Waals surface area contributed by atoms with E-state index in [-0.39, 0.29) is 0 Å². The molecule has 3 heterocycles. The molecule has 33 heavy (non-hydrogen) atoms. The molecule has 5 rings (SSSR count). The molecule has 0 radical (unpaired) electrons. The maximum Gasteiger partial charge on any atom is 0.234 e. The van der Waals surface area contributed by atoms with Crippen molar-refractivity contribution in [3.8, 4) is 11.3 Å². The van der Waals surface area contributed by atoms with Crippen LogP contribution in [0.5, 0.6) is 0 Å². The van der Waals surface area contributed by atoms with Gasteiger partial charge in [0.2, 0.25) is 11.9 Å². The van der Waals surface area contributed by atoms with Crippen LogP contribution >= 0.6 is 23.4 Å². The van der Waals surface area contributed by atoms with Crippen LogP contribution in [0.25, 0.3) is 11.3 Å². The number of likely N-dealkylation sites (N-methyl/N-ethyl adjacent to an activating group) is 1. The first-order valence-corrected chi connectivity index (χ1v) is 11.8. The average molecular weight is 479 g/mol. The van der Waals surface area contributed by atoms with Crippen LogP contribution in [0, 0.1) is 0 Å². The van der Waals surface area contributed by atoms with Crippen molar-refractivity contribution < 1.29 is 0 Å². The number of H-pyrrole nitrogens is 1. The number of hydrogen-bond acceptors (Lipinski definition) is 8. The van der Waals surface area contributed by atoms with Gasteiger partial charge >= 0.3 is 0 Å². The zero-order valence-corrected chi connectivity index (χ0v) is 19.6. The van der Waals surface area contributed by atoms with Crippen molar-refractivity contribution in [1.29, 1.82) is 0 Å². The van der Waals surface area contributed by atoms with Crippen molar-refractivity contribution in [1.82, 2.24) is 30.0 Å². The summed E-state index contributed by atoms with van der Waals surface area (Å²) in [5.41, 5.74) is 1.98. The van der Waals surface area contributed by atoms with Gasteiger partial charge in [0.05, 0.1) is 5.69 Å². The fraction of sp³-hybridized carbons (Fsp3) is 0.217. The molecule has 0 spiro atoms. The fourth-order valence-corrected chi connectivity index (χ4v) is 4.34. The number of rotatable bonds is 6. The van der Waals surface area contributed by atoms with Gasteiger partial charge in [-0.2, -0.15) is 20.1 Å². The molecule has 0 atom stereocenters. The quantitative estimate of drug-likeness (QED) is 0.417. The third-order valence-electron chi connectivity index (χ3n) is 5.31. The molecule has 1 fully saturated rings. The Labute approximate surface area is 201 Å². The molecule has 1 saturated heterocycles. The predicted octanol–water partition coefficient (Wildman–Crippen LogP) is 4.56. The van der Waals surface area contributed by atoms with Gasteiger partial charge in [0.25, 0.3) is 0 Å². The van der Waals surface area contributed by atoms with Crippen LogP contribution in [-0.4, -0.2) is 63.3 Å². The van der Waals surface area contributed by atoms with Crippen LogP contribution < -0.4 is 10.2 Å². The first-order valence-electron chi connectivity index (χ1n) is 10.6. The second-order valence-corrected chi connectivity index (χ2v) is 9.22. The largest absolute Gasteiger partial charge is 0.338 e. The summed E-state index contributed by atoms with van der Waals surface area (Å²) >= 11 is 7.51. The van der Waals surface area contributed by atoms with Crippen LogP contribution in [-0.2, 0) is 0 Å². The highest BCUT2D eigenvalue weighted by atomic mass is 35.5. The molecule has 0 amide bonds. The standard InChI is InChI=1S/C23H23ClN8S/c1-31-11-13-32(14-12-31)22-26-21(27-23(28-22)33-18-9-7-17(24)8-10-18)25-20-15-19(29-30-20)16-5-3-2-4-6-16/h2-10,15H,11-14H2,1H3,(H2,25,26,27,28,29,30). The van der Waals surface area contributed by atoms with Gasteiger partial charge in [-0.15, -0.1) is 0 Å². The van der Waals surface area contributed by atoms with E-state index in [1.807, 2.05) is 60.7 Å². The molecule has 0 aliphatic carbocycles. The maximum atomic E-state index is 6.03. The predicted molar refractivity (Wildman–Crippen MR) is 132 cm³/mol. The van der Waals surface area contributed by atoms with Gasteiger partial charge in [0.15, 0.2) is 11.0 Å². The number of piperazine rings is 1. The van der Waals surface area contributed by atoms with Crippen LogP contribution in [0.2, 0.25) is 5.02 Å². The molecule has 0 saturated carbocycles. The molecule has 2 N–H and O–H groups in total. The average Bonchev–Trinajstić information content (AvgIpc) is 3.30. The zero-order chi connectivity index (χ0) is 22.6. The summed E-state index contributed by atoms with van der Waals surface area (Å²) in [7, 11) is 2.13. The van der Waals surface area contributed by atoms with Gasteiger partial charge in [-0.25, -0.2) is 0 Å². The first-order chi connectivity index (χ1) is 16.1. The lowest BCUT2D eigenvalue weighted by atomic mass is 10.2. The molecule has 4 aromatic rings. The van der Waals surface area contributed by atoms with Gasteiger partial charge in [0.1, 0.15) is 0 Å². The minimum atomic E-state index is 0.460.